The lowest BCUT2D eigenvalue weighted by molar-refractivity contribution is -0.118. The summed E-state index contributed by atoms with van der Waals surface area (Å²) >= 11 is 7.31. The van der Waals surface area contributed by atoms with Crippen molar-refractivity contribution in [1.82, 2.24) is 9.99 Å². The summed E-state index contributed by atoms with van der Waals surface area (Å²) in [5, 5.41) is 4.80. The molecule has 0 fully saturated rings. The molecule has 0 saturated carbocycles. The van der Waals surface area contributed by atoms with Gasteiger partial charge in [0.1, 0.15) is 5.75 Å². The Bertz CT molecular complexity index is 1030. The third-order valence-electron chi connectivity index (χ3n) is 4.45. The van der Waals surface area contributed by atoms with E-state index < -0.39 is 0 Å². The standard InChI is InChI=1S/C23H24ClN3O2S/c1-4-29-21-9-7-20(8-10-21)27-16(2)13-18(17(27)3)14-25-26-23(28)15-30-22-11-5-19(24)6-12-22/h5-14H,4,15H2,1-3H3,(H,26,28)/b25-14-. The van der Waals surface area contributed by atoms with Crippen LogP contribution < -0.4 is 10.2 Å². The first kappa shape index (κ1) is 22.0. The van der Waals surface area contributed by atoms with Crippen LogP contribution in [0.2, 0.25) is 5.02 Å². The van der Waals surface area contributed by atoms with Gasteiger partial charge in [-0.25, -0.2) is 5.43 Å². The van der Waals surface area contributed by atoms with E-state index in [0.717, 1.165) is 33.3 Å². The maximum atomic E-state index is 12.0. The van der Waals surface area contributed by atoms with Gasteiger partial charge in [0.2, 0.25) is 5.91 Å². The molecular formula is C23H24ClN3O2S. The van der Waals surface area contributed by atoms with Crippen molar-refractivity contribution in [2.45, 2.75) is 25.7 Å². The zero-order valence-electron chi connectivity index (χ0n) is 17.2. The third kappa shape index (κ3) is 5.68. The number of aryl methyl sites for hydroxylation is 1. The summed E-state index contributed by atoms with van der Waals surface area (Å²) in [7, 11) is 0. The Morgan fingerprint density at radius 1 is 1.17 bits per heavy atom. The average molecular weight is 442 g/mol. The van der Waals surface area contributed by atoms with E-state index in [1.54, 1.807) is 18.3 Å². The molecule has 0 aliphatic heterocycles. The molecule has 0 radical (unpaired) electrons. The maximum Gasteiger partial charge on any atom is 0.250 e. The quantitative estimate of drug-likeness (QED) is 0.289. The van der Waals surface area contributed by atoms with Crippen LogP contribution in [0.3, 0.4) is 0 Å². The number of hydrogen-bond acceptors (Lipinski definition) is 4. The number of hydrogen-bond donors (Lipinski definition) is 1. The molecule has 0 aliphatic carbocycles. The Balaban J connectivity index is 1.61. The lowest BCUT2D eigenvalue weighted by Crippen LogP contribution is -2.19. The Morgan fingerprint density at radius 2 is 1.87 bits per heavy atom. The van der Waals surface area contributed by atoms with Gasteiger partial charge in [-0.3, -0.25) is 4.79 Å². The van der Waals surface area contributed by atoms with Crippen molar-refractivity contribution in [3.63, 3.8) is 0 Å². The predicted octanol–water partition coefficient (Wildman–Crippen LogP) is 5.39. The first-order chi connectivity index (χ1) is 14.5. The molecular weight excluding hydrogens is 418 g/mol. The summed E-state index contributed by atoms with van der Waals surface area (Å²) < 4.78 is 7.66. The van der Waals surface area contributed by atoms with Gasteiger partial charge in [-0.15, -0.1) is 11.8 Å². The molecule has 2 aromatic carbocycles. The van der Waals surface area contributed by atoms with Crippen molar-refractivity contribution < 1.29 is 9.53 Å². The molecule has 7 heteroatoms. The number of rotatable bonds is 8. The smallest absolute Gasteiger partial charge is 0.250 e. The number of carbonyl (C=O) groups excluding carboxylic acids is 1. The van der Waals surface area contributed by atoms with E-state index in [0.29, 0.717) is 11.6 Å². The number of nitrogens with one attached hydrogen (secondary N) is 1. The highest BCUT2D eigenvalue weighted by molar-refractivity contribution is 8.00. The fraction of sp³-hybridized carbons (Fsp3) is 0.217. The topological polar surface area (TPSA) is 55.6 Å². The largest absolute Gasteiger partial charge is 0.494 e. The van der Waals surface area contributed by atoms with Gasteiger partial charge in [0.15, 0.2) is 0 Å². The Hall–Kier alpha value is -2.70. The zero-order chi connectivity index (χ0) is 21.5. The zero-order valence-corrected chi connectivity index (χ0v) is 18.8. The summed E-state index contributed by atoms with van der Waals surface area (Å²) in [6.07, 6.45) is 1.68. The molecule has 0 saturated heterocycles. The Labute approximate surface area is 186 Å². The number of benzene rings is 2. The molecule has 3 rings (SSSR count). The van der Waals surface area contributed by atoms with Crippen LogP contribution in [0.25, 0.3) is 5.69 Å². The second kappa shape index (κ2) is 10.4. The van der Waals surface area contributed by atoms with Crippen LogP contribution in [0.1, 0.15) is 23.9 Å². The number of hydrazone groups is 1. The van der Waals surface area contributed by atoms with Crippen LogP contribution in [0, 0.1) is 13.8 Å². The van der Waals surface area contributed by atoms with Crippen molar-refractivity contribution >= 4 is 35.5 Å². The fourth-order valence-corrected chi connectivity index (χ4v) is 3.88. The van der Waals surface area contributed by atoms with Gasteiger partial charge in [-0.1, -0.05) is 11.6 Å². The van der Waals surface area contributed by atoms with Crippen molar-refractivity contribution in [2.24, 2.45) is 5.10 Å². The molecule has 30 heavy (non-hydrogen) atoms. The first-order valence-electron chi connectivity index (χ1n) is 9.60. The second-order valence-corrected chi connectivity index (χ2v) is 8.11. The molecule has 0 spiro atoms. The molecule has 5 nitrogen and oxygen atoms in total. The van der Waals surface area contributed by atoms with Gasteiger partial charge in [-0.2, -0.15) is 5.10 Å². The fourth-order valence-electron chi connectivity index (χ4n) is 3.06. The van der Waals surface area contributed by atoms with Crippen LogP contribution in [-0.4, -0.2) is 29.0 Å². The minimum Gasteiger partial charge on any atom is -0.494 e. The van der Waals surface area contributed by atoms with E-state index in [4.69, 9.17) is 16.3 Å². The van der Waals surface area contributed by atoms with Crippen LogP contribution in [0.5, 0.6) is 5.75 Å². The first-order valence-corrected chi connectivity index (χ1v) is 11.0. The number of ether oxygens (including phenoxy) is 1. The highest BCUT2D eigenvalue weighted by Crippen LogP contribution is 2.22. The second-order valence-electron chi connectivity index (χ2n) is 6.62. The van der Waals surface area contributed by atoms with Crippen LogP contribution >= 0.6 is 23.4 Å². The van der Waals surface area contributed by atoms with Crippen molar-refractivity contribution in [3.05, 3.63) is 76.6 Å². The number of amides is 1. The molecule has 0 aliphatic rings. The van der Waals surface area contributed by atoms with E-state index >= 15 is 0 Å². The summed E-state index contributed by atoms with van der Waals surface area (Å²) in [6, 6.07) is 17.4. The summed E-state index contributed by atoms with van der Waals surface area (Å²) in [5.41, 5.74) is 6.72. The molecule has 0 atom stereocenters. The van der Waals surface area contributed by atoms with Crippen molar-refractivity contribution in [1.29, 1.82) is 0 Å². The Kier molecular flexibility index (Phi) is 7.60. The highest BCUT2D eigenvalue weighted by Gasteiger charge is 2.10. The molecule has 1 aromatic heterocycles. The molecule has 0 bridgehead atoms. The molecule has 156 valence electrons. The molecule has 0 unspecified atom stereocenters. The lowest BCUT2D eigenvalue weighted by atomic mass is 10.2. The Morgan fingerprint density at radius 3 is 2.53 bits per heavy atom. The lowest BCUT2D eigenvalue weighted by Gasteiger charge is -2.10. The van der Waals surface area contributed by atoms with E-state index in [1.807, 2.05) is 63.2 Å². The SMILES string of the molecule is CCOc1ccc(-n2c(C)cc(/C=N\NC(=O)CSc3ccc(Cl)cc3)c2C)cc1. The van der Waals surface area contributed by atoms with E-state index in [2.05, 4.69) is 15.1 Å². The minimum atomic E-state index is -0.161. The van der Waals surface area contributed by atoms with Crippen LogP contribution in [-0.2, 0) is 4.79 Å². The number of nitrogens with zero attached hydrogens (tertiary/aromatic N) is 2. The van der Waals surface area contributed by atoms with Crippen LogP contribution in [0.15, 0.2) is 64.6 Å². The van der Waals surface area contributed by atoms with Gasteiger partial charge in [0.05, 0.1) is 18.6 Å². The van der Waals surface area contributed by atoms with Gasteiger partial charge in [0, 0.05) is 32.6 Å². The van der Waals surface area contributed by atoms with E-state index in [-0.39, 0.29) is 11.7 Å². The van der Waals surface area contributed by atoms with Crippen molar-refractivity contribution in [3.8, 4) is 11.4 Å². The van der Waals surface area contributed by atoms with E-state index in [1.165, 1.54) is 11.8 Å². The minimum absolute atomic E-state index is 0.161. The van der Waals surface area contributed by atoms with Crippen molar-refractivity contribution in [2.75, 3.05) is 12.4 Å². The van der Waals surface area contributed by atoms with Gasteiger partial charge in [-0.05, 0) is 75.4 Å². The summed E-state index contributed by atoms with van der Waals surface area (Å²) in [5.74, 6) is 0.973. The number of halogens is 1. The van der Waals surface area contributed by atoms with Gasteiger partial charge < -0.3 is 9.30 Å². The number of carbonyl (C=O) groups is 1. The number of thioether (sulfide) groups is 1. The molecule has 1 amide bonds. The maximum absolute atomic E-state index is 12.0. The summed E-state index contributed by atoms with van der Waals surface area (Å²) in [6.45, 7) is 6.69. The van der Waals surface area contributed by atoms with E-state index in [9.17, 15) is 4.79 Å². The monoisotopic (exact) mass is 441 g/mol. The molecule has 1 N–H and O–H groups in total. The molecule has 1 heterocycles. The van der Waals surface area contributed by atoms with Gasteiger partial charge >= 0.3 is 0 Å². The normalized spacial score (nSPS) is 11.1. The average Bonchev–Trinajstić information content (AvgIpc) is 3.02. The molecule has 3 aromatic rings. The third-order valence-corrected chi connectivity index (χ3v) is 5.72. The van der Waals surface area contributed by atoms with Crippen LogP contribution in [0.4, 0.5) is 0 Å². The highest BCUT2D eigenvalue weighted by atomic mass is 35.5. The van der Waals surface area contributed by atoms with Gasteiger partial charge in [0.25, 0.3) is 0 Å². The predicted molar refractivity (Wildman–Crippen MR) is 124 cm³/mol. The summed E-state index contributed by atoms with van der Waals surface area (Å²) in [4.78, 5) is 13.0. The number of aromatic nitrogens is 1.